The van der Waals surface area contributed by atoms with Crippen LogP contribution in [-0.2, 0) is 0 Å². The molecule has 3 aromatic rings. The van der Waals surface area contributed by atoms with Crippen molar-refractivity contribution < 1.29 is 4.79 Å². The van der Waals surface area contributed by atoms with Gasteiger partial charge in [-0.3, -0.25) is 9.20 Å². The van der Waals surface area contributed by atoms with E-state index in [1.54, 1.807) is 6.20 Å². The molecule has 0 bridgehead atoms. The largest absolute Gasteiger partial charge is 0.381 e. The lowest BCUT2D eigenvalue weighted by Gasteiger charge is -2.08. The molecule has 0 aliphatic carbocycles. The van der Waals surface area contributed by atoms with Crippen LogP contribution in [0.2, 0.25) is 0 Å². The molecule has 1 aromatic carbocycles. The highest BCUT2D eigenvalue weighted by atomic mass is 16.1. The first kappa shape index (κ1) is 13.4. The smallest absolute Gasteiger partial charge is 0.271 e. The first-order chi connectivity index (χ1) is 10.1. The average molecular weight is 283 g/mol. The molecule has 0 fully saturated rings. The molecule has 0 atom stereocenters. The molecule has 3 rings (SSSR count). The molecule has 0 spiro atoms. The van der Waals surface area contributed by atoms with Gasteiger partial charge in [-0.05, 0) is 18.1 Å². The Morgan fingerprint density at radius 3 is 2.86 bits per heavy atom. The van der Waals surface area contributed by atoms with Crippen LogP contribution < -0.4 is 11.1 Å². The monoisotopic (exact) mass is 283 g/mol. The number of para-hydroxylation sites is 2. The molecule has 0 unspecified atom stereocenters. The summed E-state index contributed by atoms with van der Waals surface area (Å²) in [5, 5.41) is 2.84. The summed E-state index contributed by atoms with van der Waals surface area (Å²) in [7, 11) is 0. The van der Waals surface area contributed by atoms with E-state index in [0.29, 0.717) is 23.8 Å². The molecule has 2 heterocycles. The average Bonchev–Trinajstić information content (AvgIpc) is 2.84. The number of nitrogens with one attached hydrogen (secondary N) is 1. The highest BCUT2D eigenvalue weighted by Crippen LogP contribution is 2.19. The predicted octanol–water partition coefficient (Wildman–Crippen LogP) is 1.85. The Labute approximate surface area is 122 Å². The fraction of sp³-hybridized carbons (Fsp3) is 0.267. The summed E-state index contributed by atoms with van der Waals surface area (Å²) in [6.45, 7) is 4.67. The summed E-state index contributed by atoms with van der Waals surface area (Å²) >= 11 is 0. The van der Waals surface area contributed by atoms with Crippen LogP contribution in [0, 0.1) is 5.92 Å². The number of nitrogens with two attached hydrogens (primary N) is 1. The summed E-state index contributed by atoms with van der Waals surface area (Å²) in [5.74, 6) is 0.405. The number of hydrogen-bond acceptors (Lipinski definition) is 4. The number of fused-ring (bicyclic) bond motifs is 3. The SMILES string of the molecule is CC(C)CNC(=O)c1cn2c(nc3ccccc32)c(N)n1. The van der Waals surface area contributed by atoms with Gasteiger partial charge < -0.3 is 11.1 Å². The van der Waals surface area contributed by atoms with Gasteiger partial charge in [0.05, 0.1) is 11.0 Å². The van der Waals surface area contributed by atoms with E-state index in [9.17, 15) is 4.79 Å². The van der Waals surface area contributed by atoms with Gasteiger partial charge >= 0.3 is 0 Å². The summed E-state index contributed by atoms with van der Waals surface area (Å²) in [6, 6.07) is 7.67. The molecule has 0 aliphatic heterocycles. The first-order valence-electron chi connectivity index (χ1n) is 6.88. The van der Waals surface area contributed by atoms with Crippen LogP contribution >= 0.6 is 0 Å². The van der Waals surface area contributed by atoms with Gasteiger partial charge in [0.1, 0.15) is 5.69 Å². The normalized spacial score (nSPS) is 11.4. The molecule has 3 N–H and O–H groups in total. The van der Waals surface area contributed by atoms with Crippen molar-refractivity contribution in [3.8, 4) is 0 Å². The van der Waals surface area contributed by atoms with E-state index < -0.39 is 0 Å². The van der Waals surface area contributed by atoms with Gasteiger partial charge in [-0.2, -0.15) is 0 Å². The number of aromatic nitrogens is 3. The fourth-order valence-electron chi connectivity index (χ4n) is 2.18. The first-order valence-corrected chi connectivity index (χ1v) is 6.88. The number of nitrogens with zero attached hydrogens (tertiary/aromatic N) is 3. The van der Waals surface area contributed by atoms with Gasteiger partial charge in [0.15, 0.2) is 11.5 Å². The van der Waals surface area contributed by atoms with Gasteiger partial charge in [0, 0.05) is 12.7 Å². The molecular weight excluding hydrogens is 266 g/mol. The zero-order valence-electron chi connectivity index (χ0n) is 12.0. The number of anilines is 1. The predicted molar refractivity (Wildman–Crippen MR) is 82.1 cm³/mol. The molecule has 0 aliphatic rings. The number of rotatable bonds is 3. The number of benzene rings is 1. The number of hydrogen-bond donors (Lipinski definition) is 2. The molecule has 6 nitrogen and oxygen atoms in total. The van der Waals surface area contributed by atoms with Crippen LogP contribution in [0.25, 0.3) is 16.7 Å². The van der Waals surface area contributed by atoms with Crippen molar-refractivity contribution in [2.75, 3.05) is 12.3 Å². The zero-order chi connectivity index (χ0) is 15.0. The minimum absolute atomic E-state index is 0.227. The molecule has 0 saturated carbocycles. The van der Waals surface area contributed by atoms with Gasteiger partial charge in [-0.1, -0.05) is 26.0 Å². The Morgan fingerprint density at radius 2 is 2.10 bits per heavy atom. The van der Waals surface area contributed by atoms with Crippen molar-refractivity contribution in [2.24, 2.45) is 5.92 Å². The van der Waals surface area contributed by atoms with Crippen molar-refractivity contribution in [1.29, 1.82) is 0 Å². The molecular formula is C15H17N5O. The van der Waals surface area contributed by atoms with Crippen LogP contribution in [0.4, 0.5) is 5.82 Å². The molecule has 2 aromatic heterocycles. The minimum atomic E-state index is -0.227. The zero-order valence-corrected chi connectivity index (χ0v) is 12.0. The molecule has 0 saturated heterocycles. The third-order valence-electron chi connectivity index (χ3n) is 3.22. The molecule has 1 amide bonds. The van der Waals surface area contributed by atoms with Crippen LogP contribution in [0.3, 0.4) is 0 Å². The second-order valence-corrected chi connectivity index (χ2v) is 5.41. The lowest BCUT2D eigenvalue weighted by molar-refractivity contribution is 0.0943. The highest BCUT2D eigenvalue weighted by molar-refractivity contribution is 5.94. The van der Waals surface area contributed by atoms with Crippen molar-refractivity contribution >= 4 is 28.4 Å². The van der Waals surface area contributed by atoms with Gasteiger partial charge in [0.2, 0.25) is 0 Å². The lowest BCUT2D eigenvalue weighted by atomic mass is 10.2. The van der Waals surface area contributed by atoms with E-state index >= 15 is 0 Å². The van der Waals surface area contributed by atoms with Crippen LogP contribution in [-0.4, -0.2) is 26.8 Å². The van der Waals surface area contributed by atoms with Gasteiger partial charge in [-0.25, -0.2) is 9.97 Å². The molecule has 0 radical (unpaired) electrons. The van der Waals surface area contributed by atoms with Crippen LogP contribution in [0.15, 0.2) is 30.5 Å². The second-order valence-electron chi connectivity index (χ2n) is 5.41. The third kappa shape index (κ3) is 2.40. The van der Waals surface area contributed by atoms with Crippen molar-refractivity contribution in [3.63, 3.8) is 0 Å². The van der Waals surface area contributed by atoms with Gasteiger partial charge in [0.25, 0.3) is 5.91 Å². The summed E-state index contributed by atoms with van der Waals surface area (Å²) < 4.78 is 1.81. The van der Waals surface area contributed by atoms with E-state index in [1.165, 1.54) is 0 Å². The molecule has 6 heteroatoms. The van der Waals surface area contributed by atoms with E-state index in [1.807, 2.05) is 42.5 Å². The lowest BCUT2D eigenvalue weighted by Crippen LogP contribution is -2.28. The number of amides is 1. The maximum Gasteiger partial charge on any atom is 0.271 e. The Kier molecular flexibility index (Phi) is 3.21. The molecule has 108 valence electrons. The quantitative estimate of drug-likeness (QED) is 0.768. The Bertz CT molecular complexity index is 821. The Morgan fingerprint density at radius 1 is 1.33 bits per heavy atom. The Balaban J connectivity index is 2.09. The minimum Gasteiger partial charge on any atom is -0.381 e. The second kappa shape index (κ2) is 5.05. The summed E-state index contributed by atoms with van der Waals surface area (Å²) in [6.07, 6.45) is 1.68. The highest BCUT2D eigenvalue weighted by Gasteiger charge is 2.14. The molecule has 21 heavy (non-hydrogen) atoms. The van der Waals surface area contributed by atoms with Crippen molar-refractivity contribution in [3.05, 3.63) is 36.2 Å². The van der Waals surface area contributed by atoms with Crippen molar-refractivity contribution in [1.82, 2.24) is 19.7 Å². The topological polar surface area (TPSA) is 85.3 Å². The third-order valence-corrected chi connectivity index (χ3v) is 3.22. The number of nitrogen functional groups attached to an aromatic ring is 1. The number of imidazole rings is 1. The maximum absolute atomic E-state index is 12.1. The number of carbonyl (C=O) groups excluding carboxylic acids is 1. The van der Waals surface area contributed by atoms with Gasteiger partial charge in [-0.15, -0.1) is 0 Å². The van der Waals surface area contributed by atoms with Crippen LogP contribution in [0.5, 0.6) is 0 Å². The van der Waals surface area contributed by atoms with E-state index in [0.717, 1.165) is 11.0 Å². The van der Waals surface area contributed by atoms with Crippen LogP contribution in [0.1, 0.15) is 24.3 Å². The number of carbonyl (C=O) groups is 1. The fourth-order valence-corrected chi connectivity index (χ4v) is 2.18. The van der Waals surface area contributed by atoms with E-state index in [4.69, 9.17) is 5.73 Å². The van der Waals surface area contributed by atoms with Crippen molar-refractivity contribution in [2.45, 2.75) is 13.8 Å². The standard InChI is InChI=1S/C15H17N5O/c1-9(2)7-17-15(21)11-8-20-12-6-4-3-5-10(12)19-14(20)13(16)18-11/h3-6,8-9H,7H2,1-2H3,(H2,16,18)(H,17,21). The van der Waals surface area contributed by atoms with E-state index in [-0.39, 0.29) is 11.7 Å². The van der Waals surface area contributed by atoms with E-state index in [2.05, 4.69) is 15.3 Å². The maximum atomic E-state index is 12.1. The summed E-state index contributed by atoms with van der Waals surface area (Å²) in [5.41, 5.74) is 8.53. The summed E-state index contributed by atoms with van der Waals surface area (Å²) in [4.78, 5) is 20.7. The Hall–Kier alpha value is -2.63.